The van der Waals surface area contributed by atoms with Crippen molar-refractivity contribution in [1.82, 2.24) is 9.97 Å². The van der Waals surface area contributed by atoms with Crippen LogP contribution in [0.3, 0.4) is 0 Å². The normalized spacial score (nSPS) is 12.5. The Morgan fingerprint density at radius 2 is 1.96 bits per heavy atom. The molecule has 0 aliphatic carbocycles. The minimum absolute atomic E-state index is 0.0800. The number of aromatic amines is 1. The van der Waals surface area contributed by atoms with Gasteiger partial charge >= 0.3 is 0 Å². The van der Waals surface area contributed by atoms with E-state index in [1.54, 1.807) is 12.3 Å². The Labute approximate surface area is 145 Å². The fraction of sp³-hybridized carbons (Fsp3) is 0.263. The van der Waals surface area contributed by atoms with Gasteiger partial charge in [0.25, 0.3) is 5.56 Å². The van der Waals surface area contributed by atoms with Crippen LogP contribution in [-0.4, -0.2) is 9.97 Å². The van der Waals surface area contributed by atoms with E-state index in [0.717, 1.165) is 16.6 Å². The average Bonchev–Trinajstić information content (AvgIpc) is 2.56. The van der Waals surface area contributed by atoms with Gasteiger partial charge in [-0.3, -0.25) is 9.78 Å². The number of ether oxygens (including phenoxy) is 1. The molecule has 0 bridgehead atoms. The van der Waals surface area contributed by atoms with Gasteiger partial charge in [0, 0.05) is 23.2 Å². The molecule has 5 heteroatoms. The number of fused-ring (bicyclic) bond motifs is 1. The zero-order valence-electron chi connectivity index (χ0n) is 13.8. The zero-order valence-corrected chi connectivity index (χ0v) is 14.6. The molecule has 1 atom stereocenters. The summed E-state index contributed by atoms with van der Waals surface area (Å²) in [5, 5.41) is 1.40. The molecular formula is C19H19ClN2O2. The first-order valence-corrected chi connectivity index (χ1v) is 8.27. The molecule has 1 aromatic carbocycles. The Morgan fingerprint density at radius 3 is 2.62 bits per heavy atom. The topological polar surface area (TPSA) is 55.0 Å². The standard InChI is InChI=1S/C19H19ClN2O2/c1-11(2)14-8-13-9-15(20)18(10-17(13)22-19(14)23)24-12(3)16-6-4-5-7-21-16/h4-12H,1-3H3,(H,22,23)/t12-/m1/s1. The number of rotatable bonds is 4. The van der Waals surface area contributed by atoms with Gasteiger partial charge in [0.15, 0.2) is 0 Å². The highest BCUT2D eigenvalue weighted by Crippen LogP contribution is 2.32. The van der Waals surface area contributed by atoms with E-state index in [1.165, 1.54) is 0 Å². The maximum atomic E-state index is 12.2. The predicted molar refractivity (Wildman–Crippen MR) is 96.9 cm³/mol. The Balaban J connectivity index is 1.99. The van der Waals surface area contributed by atoms with Crippen molar-refractivity contribution >= 4 is 22.5 Å². The first-order chi connectivity index (χ1) is 11.5. The van der Waals surface area contributed by atoms with Crippen molar-refractivity contribution in [2.75, 3.05) is 0 Å². The third-order valence-corrected chi connectivity index (χ3v) is 4.25. The predicted octanol–water partition coefficient (Wildman–Crippen LogP) is 4.84. The van der Waals surface area contributed by atoms with Crippen molar-refractivity contribution in [1.29, 1.82) is 0 Å². The van der Waals surface area contributed by atoms with Gasteiger partial charge in [0.1, 0.15) is 11.9 Å². The summed E-state index contributed by atoms with van der Waals surface area (Å²) in [4.78, 5) is 19.4. The van der Waals surface area contributed by atoms with Crippen LogP contribution >= 0.6 is 11.6 Å². The van der Waals surface area contributed by atoms with E-state index in [4.69, 9.17) is 16.3 Å². The Morgan fingerprint density at radius 1 is 1.17 bits per heavy atom. The number of nitrogens with one attached hydrogen (secondary N) is 1. The molecule has 3 rings (SSSR count). The maximum Gasteiger partial charge on any atom is 0.251 e. The van der Waals surface area contributed by atoms with Crippen LogP contribution in [0.15, 0.2) is 47.4 Å². The Bertz CT molecular complexity index is 920. The molecule has 0 aliphatic heterocycles. The highest BCUT2D eigenvalue weighted by atomic mass is 35.5. The van der Waals surface area contributed by atoms with Gasteiger partial charge in [-0.1, -0.05) is 31.5 Å². The van der Waals surface area contributed by atoms with E-state index in [-0.39, 0.29) is 17.6 Å². The van der Waals surface area contributed by atoms with E-state index < -0.39 is 0 Å². The van der Waals surface area contributed by atoms with Crippen molar-refractivity contribution in [2.45, 2.75) is 32.8 Å². The summed E-state index contributed by atoms with van der Waals surface area (Å²) in [6, 6.07) is 11.1. The van der Waals surface area contributed by atoms with Gasteiger partial charge < -0.3 is 9.72 Å². The molecule has 0 aliphatic rings. The first kappa shape index (κ1) is 16.5. The van der Waals surface area contributed by atoms with Crippen molar-refractivity contribution in [2.24, 2.45) is 0 Å². The summed E-state index contributed by atoms with van der Waals surface area (Å²) < 4.78 is 5.94. The molecular weight excluding hydrogens is 324 g/mol. The molecule has 3 aromatic rings. The second-order valence-electron chi connectivity index (χ2n) is 6.09. The molecule has 0 spiro atoms. The molecule has 2 aromatic heterocycles. The molecule has 4 nitrogen and oxygen atoms in total. The number of hydrogen-bond acceptors (Lipinski definition) is 3. The second kappa shape index (κ2) is 6.65. The molecule has 0 saturated heterocycles. The van der Waals surface area contributed by atoms with E-state index in [2.05, 4.69) is 9.97 Å². The monoisotopic (exact) mass is 342 g/mol. The van der Waals surface area contributed by atoms with Crippen LogP contribution < -0.4 is 10.3 Å². The van der Waals surface area contributed by atoms with Crippen LogP contribution in [0.1, 0.15) is 44.1 Å². The molecule has 124 valence electrons. The third-order valence-electron chi connectivity index (χ3n) is 3.96. The van der Waals surface area contributed by atoms with Crippen molar-refractivity contribution in [3.63, 3.8) is 0 Å². The summed E-state index contributed by atoms with van der Waals surface area (Å²) in [7, 11) is 0. The van der Waals surface area contributed by atoms with Gasteiger partial charge in [0.05, 0.1) is 16.2 Å². The van der Waals surface area contributed by atoms with Gasteiger partial charge in [-0.2, -0.15) is 0 Å². The Hall–Kier alpha value is -2.33. The second-order valence-corrected chi connectivity index (χ2v) is 6.50. The third kappa shape index (κ3) is 3.29. The SMILES string of the molecule is CC(C)c1cc2cc(Cl)c(O[C@H](C)c3ccccn3)cc2[nH]c1=O. The highest BCUT2D eigenvalue weighted by Gasteiger charge is 2.13. The number of H-pyrrole nitrogens is 1. The van der Waals surface area contributed by atoms with E-state index >= 15 is 0 Å². The van der Waals surface area contributed by atoms with Gasteiger partial charge in [0.2, 0.25) is 0 Å². The number of halogens is 1. The lowest BCUT2D eigenvalue weighted by Crippen LogP contribution is -2.13. The van der Waals surface area contributed by atoms with Crippen molar-refractivity contribution in [3.8, 4) is 5.75 Å². The Kier molecular flexibility index (Phi) is 4.58. The van der Waals surface area contributed by atoms with Gasteiger partial charge in [-0.15, -0.1) is 0 Å². The maximum absolute atomic E-state index is 12.2. The molecule has 1 N–H and O–H groups in total. The molecule has 2 heterocycles. The lowest BCUT2D eigenvalue weighted by atomic mass is 10.0. The van der Waals surface area contributed by atoms with Crippen LogP contribution in [0.4, 0.5) is 0 Å². The fourth-order valence-corrected chi connectivity index (χ4v) is 2.83. The van der Waals surface area contributed by atoms with E-state index in [0.29, 0.717) is 16.3 Å². The molecule has 0 unspecified atom stereocenters. The number of benzene rings is 1. The van der Waals surface area contributed by atoms with Crippen LogP contribution in [0, 0.1) is 0 Å². The molecule has 0 amide bonds. The smallest absolute Gasteiger partial charge is 0.251 e. The van der Waals surface area contributed by atoms with Crippen molar-refractivity contribution in [3.05, 3.63) is 69.2 Å². The minimum Gasteiger partial charge on any atom is -0.483 e. The number of pyridine rings is 2. The number of hydrogen-bond donors (Lipinski definition) is 1. The lowest BCUT2D eigenvalue weighted by Gasteiger charge is -2.16. The van der Waals surface area contributed by atoms with E-state index in [9.17, 15) is 4.79 Å². The highest BCUT2D eigenvalue weighted by molar-refractivity contribution is 6.32. The zero-order chi connectivity index (χ0) is 17.3. The largest absolute Gasteiger partial charge is 0.483 e. The summed E-state index contributed by atoms with van der Waals surface area (Å²) in [5.41, 5.74) is 2.19. The van der Waals surface area contributed by atoms with Crippen molar-refractivity contribution < 1.29 is 4.74 Å². The summed E-state index contributed by atoms with van der Waals surface area (Å²) >= 11 is 6.37. The molecule has 0 radical (unpaired) electrons. The summed E-state index contributed by atoms with van der Waals surface area (Å²) in [6.45, 7) is 5.89. The van der Waals surface area contributed by atoms with Gasteiger partial charge in [-0.05, 0) is 37.1 Å². The van der Waals surface area contributed by atoms with Crippen LogP contribution in [0.25, 0.3) is 10.9 Å². The van der Waals surface area contributed by atoms with Crippen LogP contribution in [0.5, 0.6) is 5.75 Å². The lowest BCUT2D eigenvalue weighted by molar-refractivity contribution is 0.222. The van der Waals surface area contributed by atoms with Crippen LogP contribution in [0.2, 0.25) is 5.02 Å². The van der Waals surface area contributed by atoms with Crippen LogP contribution in [-0.2, 0) is 0 Å². The number of nitrogens with zero attached hydrogens (tertiary/aromatic N) is 1. The molecule has 24 heavy (non-hydrogen) atoms. The average molecular weight is 343 g/mol. The summed E-state index contributed by atoms with van der Waals surface area (Å²) in [5.74, 6) is 0.673. The number of aromatic nitrogens is 2. The van der Waals surface area contributed by atoms with Gasteiger partial charge in [-0.25, -0.2) is 0 Å². The first-order valence-electron chi connectivity index (χ1n) is 7.89. The summed E-state index contributed by atoms with van der Waals surface area (Å²) in [6.07, 6.45) is 1.48. The minimum atomic E-state index is -0.247. The quantitative estimate of drug-likeness (QED) is 0.738. The molecule has 0 saturated carbocycles. The molecule has 0 fully saturated rings. The fourth-order valence-electron chi connectivity index (χ4n) is 2.61. The van der Waals surface area contributed by atoms with E-state index in [1.807, 2.05) is 51.1 Å².